The van der Waals surface area contributed by atoms with E-state index in [0.29, 0.717) is 17.7 Å². The molecule has 1 heterocycles. The van der Waals surface area contributed by atoms with Crippen molar-refractivity contribution in [3.05, 3.63) is 47.3 Å². The van der Waals surface area contributed by atoms with Crippen LogP contribution in [0.15, 0.2) is 30.3 Å². The van der Waals surface area contributed by atoms with Crippen molar-refractivity contribution >= 4 is 23.2 Å². The molecule has 0 spiro atoms. The van der Waals surface area contributed by atoms with Gasteiger partial charge in [-0.05, 0) is 36.6 Å². The van der Waals surface area contributed by atoms with E-state index in [1.54, 1.807) is 0 Å². The average Bonchev–Trinajstić information content (AvgIpc) is 2.39. The number of anilines is 2. The summed E-state index contributed by atoms with van der Waals surface area (Å²) in [5, 5.41) is 3.23. The summed E-state index contributed by atoms with van der Waals surface area (Å²) in [6.07, 6.45) is 0. The van der Waals surface area contributed by atoms with E-state index in [1.807, 2.05) is 37.3 Å². The van der Waals surface area contributed by atoms with Gasteiger partial charge in [-0.2, -0.15) is 0 Å². The van der Waals surface area contributed by atoms with E-state index in [1.165, 1.54) is 0 Å². The zero-order valence-electron chi connectivity index (χ0n) is 11.4. The minimum Gasteiger partial charge on any atom is -0.324 e. The molecule has 0 aliphatic heterocycles. The van der Waals surface area contributed by atoms with Gasteiger partial charge in [-0.1, -0.05) is 26.0 Å². The third-order valence-electron chi connectivity index (χ3n) is 2.83. The van der Waals surface area contributed by atoms with Gasteiger partial charge in [0.2, 0.25) is 5.95 Å². The number of rotatable bonds is 4. The Morgan fingerprint density at radius 1 is 1.16 bits per heavy atom. The average molecular weight is 276 g/mol. The third kappa shape index (κ3) is 3.67. The van der Waals surface area contributed by atoms with Gasteiger partial charge >= 0.3 is 0 Å². The van der Waals surface area contributed by atoms with Gasteiger partial charge in [0.25, 0.3) is 0 Å². The number of hydrogen-bond donors (Lipinski definition) is 1. The van der Waals surface area contributed by atoms with E-state index in [2.05, 4.69) is 29.1 Å². The lowest BCUT2D eigenvalue weighted by Gasteiger charge is -2.10. The van der Waals surface area contributed by atoms with Crippen molar-refractivity contribution in [3.63, 3.8) is 0 Å². The molecule has 0 fully saturated rings. The van der Waals surface area contributed by atoms with Crippen molar-refractivity contribution < 1.29 is 0 Å². The van der Waals surface area contributed by atoms with Crippen LogP contribution in [0.1, 0.15) is 36.7 Å². The summed E-state index contributed by atoms with van der Waals surface area (Å²) >= 11 is 5.77. The minimum absolute atomic E-state index is 0.390. The lowest BCUT2D eigenvalue weighted by molar-refractivity contribution is 0.812. The topological polar surface area (TPSA) is 37.8 Å². The van der Waals surface area contributed by atoms with Crippen LogP contribution >= 0.6 is 11.6 Å². The number of nitrogens with zero attached hydrogens (tertiary/aromatic N) is 2. The van der Waals surface area contributed by atoms with Gasteiger partial charge in [0, 0.05) is 23.0 Å². The fourth-order valence-electron chi connectivity index (χ4n) is 1.75. The molecule has 0 saturated carbocycles. The second-order valence-corrected chi connectivity index (χ2v) is 5.14. The van der Waals surface area contributed by atoms with E-state index in [4.69, 9.17) is 11.6 Å². The predicted octanol–water partition coefficient (Wildman–Crippen LogP) is 4.39. The molecule has 19 heavy (non-hydrogen) atoms. The molecule has 4 heteroatoms. The van der Waals surface area contributed by atoms with Crippen LogP contribution in [0.4, 0.5) is 11.6 Å². The molecule has 100 valence electrons. The number of halogens is 1. The van der Waals surface area contributed by atoms with Gasteiger partial charge in [-0.3, -0.25) is 0 Å². The lowest BCUT2D eigenvalue weighted by Crippen LogP contribution is -2.03. The summed E-state index contributed by atoms with van der Waals surface area (Å²) in [4.78, 5) is 8.93. The van der Waals surface area contributed by atoms with Crippen LogP contribution in [0.2, 0.25) is 0 Å². The van der Waals surface area contributed by atoms with Gasteiger partial charge in [0.15, 0.2) is 0 Å². The van der Waals surface area contributed by atoms with Crippen molar-refractivity contribution in [3.8, 4) is 0 Å². The Bertz CT molecular complexity index is 550. The van der Waals surface area contributed by atoms with E-state index >= 15 is 0 Å². The Labute approximate surface area is 119 Å². The van der Waals surface area contributed by atoms with Gasteiger partial charge in [0.1, 0.15) is 0 Å². The fourth-order valence-corrected chi connectivity index (χ4v) is 1.93. The highest BCUT2D eigenvalue weighted by Gasteiger charge is 2.06. The normalized spacial score (nSPS) is 10.8. The summed E-state index contributed by atoms with van der Waals surface area (Å²) in [6, 6.07) is 9.98. The zero-order valence-corrected chi connectivity index (χ0v) is 12.2. The molecule has 0 saturated heterocycles. The third-order valence-corrected chi connectivity index (χ3v) is 3.14. The molecule has 0 bridgehead atoms. The summed E-state index contributed by atoms with van der Waals surface area (Å²) in [7, 11) is 0. The molecule has 0 atom stereocenters. The summed E-state index contributed by atoms with van der Waals surface area (Å²) in [5.74, 6) is 1.56. The Balaban J connectivity index is 2.22. The lowest BCUT2D eigenvalue weighted by atomic mass is 10.1. The van der Waals surface area contributed by atoms with Crippen LogP contribution in [0.3, 0.4) is 0 Å². The molecule has 0 radical (unpaired) electrons. The van der Waals surface area contributed by atoms with Crippen LogP contribution in [-0.2, 0) is 5.88 Å². The number of hydrogen-bond acceptors (Lipinski definition) is 3. The van der Waals surface area contributed by atoms with Gasteiger partial charge in [0.05, 0.1) is 0 Å². The molecule has 2 rings (SSSR count). The van der Waals surface area contributed by atoms with Gasteiger partial charge in [-0.25, -0.2) is 9.97 Å². The van der Waals surface area contributed by atoms with Crippen molar-refractivity contribution in [2.75, 3.05) is 5.32 Å². The minimum atomic E-state index is 0.390. The SMILES string of the molecule is Cc1cc(C(C)C)nc(Nc2ccc(CCl)cc2)n1. The molecule has 0 aliphatic rings. The van der Waals surface area contributed by atoms with E-state index < -0.39 is 0 Å². The summed E-state index contributed by atoms with van der Waals surface area (Å²) in [6.45, 7) is 6.23. The molecule has 3 nitrogen and oxygen atoms in total. The molecule has 1 aromatic heterocycles. The first kappa shape index (κ1) is 13.8. The number of aromatic nitrogens is 2. The molecule has 0 amide bonds. The zero-order chi connectivity index (χ0) is 13.8. The number of alkyl halides is 1. The number of benzene rings is 1. The largest absolute Gasteiger partial charge is 0.324 e. The van der Waals surface area contributed by atoms with Crippen molar-refractivity contribution in [2.45, 2.75) is 32.6 Å². The first-order valence-electron chi connectivity index (χ1n) is 6.36. The Morgan fingerprint density at radius 3 is 2.42 bits per heavy atom. The van der Waals surface area contributed by atoms with Crippen molar-refractivity contribution in [1.82, 2.24) is 9.97 Å². The van der Waals surface area contributed by atoms with E-state index in [9.17, 15) is 0 Å². The number of nitrogens with one attached hydrogen (secondary N) is 1. The smallest absolute Gasteiger partial charge is 0.227 e. The van der Waals surface area contributed by atoms with Crippen LogP contribution in [0.25, 0.3) is 0 Å². The summed E-state index contributed by atoms with van der Waals surface area (Å²) < 4.78 is 0. The van der Waals surface area contributed by atoms with E-state index in [0.717, 1.165) is 22.6 Å². The quantitative estimate of drug-likeness (QED) is 0.841. The molecule has 2 aromatic rings. The van der Waals surface area contributed by atoms with Gasteiger partial charge in [-0.15, -0.1) is 11.6 Å². The number of aryl methyl sites for hydroxylation is 1. The van der Waals surface area contributed by atoms with Crippen molar-refractivity contribution in [1.29, 1.82) is 0 Å². The molecule has 1 aromatic carbocycles. The van der Waals surface area contributed by atoms with E-state index in [-0.39, 0.29) is 0 Å². The molecule has 0 unspecified atom stereocenters. The van der Waals surface area contributed by atoms with Crippen LogP contribution in [0.5, 0.6) is 0 Å². The maximum absolute atomic E-state index is 5.77. The van der Waals surface area contributed by atoms with Crippen LogP contribution < -0.4 is 5.32 Å². The first-order valence-corrected chi connectivity index (χ1v) is 6.89. The highest BCUT2D eigenvalue weighted by Crippen LogP contribution is 2.18. The fraction of sp³-hybridized carbons (Fsp3) is 0.333. The Kier molecular flexibility index (Phi) is 4.38. The molecule has 1 N–H and O–H groups in total. The highest BCUT2D eigenvalue weighted by molar-refractivity contribution is 6.17. The highest BCUT2D eigenvalue weighted by atomic mass is 35.5. The second kappa shape index (κ2) is 6.02. The Morgan fingerprint density at radius 2 is 1.84 bits per heavy atom. The van der Waals surface area contributed by atoms with Crippen LogP contribution in [-0.4, -0.2) is 9.97 Å². The van der Waals surface area contributed by atoms with Gasteiger partial charge < -0.3 is 5.32 Å². The monoisotopic (exact) mass is 275 g/mol. The molecule has 0 aliphatic carbocycles. The van der Waals surface area contributed by atoms with Crippen molar-refractivity contribution in [2.24, 2.45) is 0 Å². The first-order chi connectivity index (χ1) is 9.08. The van der Waals surface area contributed by atoms with Crippen LogP contribution in [0, 0.1) is 6.92 Å². The standard InChI is InChI=1S/C15H18ClN3/c1-10(2)14-8-11(3)17-15(19-14)18-13-6-4-12(9-16)5-7-13/h4-8,10H,9H2,1-3H3,(H,17,18,19). The Hall–Kier alpha value is -1.61. The second-order valence-electron chi connectivity index (χ2n) is 4.87. The molecular formula is C15H18ClN3. The maximum atomic E-state index is 5.77. The summed E-state index contributed by atoms with van der Waals surface area (Å²) in [5.41, 5.74) is 4.08. The maximum Gasteiger partial charge on any atom is 0.227 e. The predicted molar refractivity (Wildman–Crippen MR) is 80.1 cm³/mol. The molecular weight excluding hydrogens is 258 g/mol.